The Balaban J connectivity index is 1.77. The highest BCUT2D eigenvalue weighted by Crippen LogP contribution is 2.27. The number of aromatic amines is 1. The molecule has 0 radical (unpaired) electrons. The van der Waals surface area contributed by atoms with Gasteiger partial charge in [-0.1, -0.05) is 48.0 Å². The number of nitrogens with zero attached hydrogens (tertiary/aromatic N) is 4. The first kappa shape index (κ1) is 20.0. The van der Waals surface area contributed by atoms with Gasteiger partial charge in [-0.15, -0.1) is 5.11 Å². The molecule has 1 aromatic heterocycles. The Morgan fingerprint density at radius 3 is 2.30 bits per heavy atom. The number of H-pyrrole nitrogens is 1. The summed E-state index contributed by atoms with van der Waals surface area (Å²) in [5, 5.41) is 12.0. The number of para-hydroxylation sites is 1. The second kappa shape index (κ2) is 9.02. The third kappa shape index (κ3) is 4.48. The van der Waals surface area contributed by atoms with Crippen LogP contribution in [-0.2, 0) is 0 Å². The molecule has 0 bridgehead atoms. The quantitative estimate of drug-likeness (QED) is 0.249. The molecule has 0 aliphatic carbocycles. The highest BCUT2D eigenvalue weighted by atomic mass is 79.9. The van der Waals surface area contributed by atoms with Crippen LogP contribution in [0.2, 0.25) is 5.02 Å². The summed E-state index contributed by atoms with van der Waals surface area (Å²) < 4.78 is 2.19. The van der Waals surface area contributed by atoms with Crippen molar-refractivity contribution in [1.29, 1.82) is 0 Å². The van der Waals surface area contributed by atoms with E-state index in [4.69, 9.17) is 11.6 Å². The molecule has 0 unspecified atom stereocenters. The van der Waals surface area contributed by atoms with Crippen LogP contribution in [0.4, 0.5) is 17.1 Å². The van der Waals surface area contributed by atoms with Crippen molar-refractivity contribution >= 4 is 50.8 Å². The molecule has 0 fully saturated rings. The lowest BCUT2D eigenvalue weighted by atomic mass is 10.3. The van der Waals surface area contributed by atoms with Crippen LogP contribution in [0.15, 0.2) is 103 Å². The lowest BCUT2D eigenvalue weighted by molar-refractivity contribution is 0.846. The van der Waals surface area contributed by atoms with Crippen molar-refractivity contribution in [1.82, 2.24) is 9.78 Å². The average molecular weight is 481 g/mol. The van der Waals surface area contributed by atoms with Crippen molar-refractivity contribution < 1.29 is 0 Å². The van der Waals surface area contributed by atoms with Crippen molar-refractivity contribution in [2.75, 3.05) is 0 Å². The van der Waals surface area contributed by atoms with Crippen LogP contribution in [0.5, 0.6) is 0 Å². The van der Waals surface area contributed by atoms with E-state index >= 15 is 0 Å². The van der Waals surface area contributed by atoms with Crippen LogP contribution < -0.4 is 5.56 Å². The Morgan fingerprint density at radius 2 is 1.60 bits per heavy atom. The van der Waals surface area contributed by atoms with Gasteiger partial charge < -0.3 is 0 Å². The van der Waals surface area contributed by atoms with Gasteiger partial charge in [0.1, 0.15) is 5.69 Å². The van der Waals surface area contributed by atoms with Gasteiger partial charge in [0.25, 0.3) is 5.56 Å². The van der Waals surface area contributed by atoms with E-state index < -0.39 is 0 Å². The number of aliphatic imine (C=N–C) groups is 1. The third-order valence-electron chi connectivity index (χ3n) is 4.18. The molecule has 0 amide bonds. The van der Waals surface area contributed by atoms with Crippen molar-refractivity contribution in [3.05, 3.63) is 104 Å². The molecule has 0 spiro atoms. The van der Waals surface area contributed by atoms with Gasteiger partial charge in [-0.05, 0) is 58.4 Å². The summed E-state index contributed by atoms with van der Waals surface area (Å²) in [5.74, 6) is 0. The first-order valence-corrected chi connectivity index (χ1v) is 10.2. The van der Waals surface area contributed by atoms with Crippen molar-refractivity contribution in [2.45, 2.75) is 0 Å². The van der Waals surface area contributed by atoms with Gasteiger partial charge >= 0.3 is 0 Å². The monoisotopic (exact) mass is 479 g/mol. The van der Waals surface area contributed by atoms with E-state index in [1.165, 1.54) is 4.68 Å². The van der Waals surface area contributed by atoms with Gasteiger partial charge in [-0.2, -0.15) is 5.11 Å². The lowest BCUT2D eigenvalue weighted by Crippen LogP contribution is -2.13. The largest absolute Gasteiger partial charge is 0.299 e. The minimum atomic E-state index is -0.323. The summed E-state index contributed by atoms with van der Waals surface area (Å²) in [4.78, 5) is 17.4. The number of hydrogen-bond donors (Lipinski definition) is 1. The number of hydrogen-bond acceptors (Lipinski definition) is 4. The number of halogens is 2. The number of rotatable bonds is 5. The Hall–Kier alpha value is -3.29. The molecule has 0 aliphatic rings. The zero-order valence-corrected chi connectivity index (χ0v) is 17.9. The molecule has 0 atom stereocenters. The molecule has 1 N–H and O–H groups in total. The Kier molecular flexibility index (Phi) is 6.02. The van der Waals surface area contributed by atoms with Crippen molar-refractivity contribution in [3.63, 3.8) is 0 Å². The summed E-state index contributed by atoms with van der Waals surface area (Å²) in [7, 11) is 0. The van der Waals surface area contributed by atoms with Crippen molar-refractivity contribution in [2.24, 2.45) is 15.2 Å². The number of benzene rings is 3. The summed E-state index contributed by atoms with van der Waals surface area (Å²) >= 11 is 9.49. The van der Waals surface area contributed by atoms with Crippen LogP contribution >= 0.6 is 27.5 Å². The summed E-state index contributed by atoms with van der Waals surface area (Å²) in [6.07, 6.45) is 1.54. The topological polar surface area (TPSA) is 74.9 Å². The van der Waals surface area contributed by atoms with E-state index in [9.17, 15) is 4.79 Å². The van der Waals surface area contributed by atoms with Crippen LogP contribution in [-0.4, -0.2) is 16.0 Å². The van der Waals surface area contributed by atoms with Gasteiger partial charge in [0.15, 0.2) is 5.69 Å². The molecule has 0 saturated carbocycles. The number of nitrogens with one attached hydrogen (secondary N) is 1. The standard InChI is InChI=1S/C22H15BrClN5O/c23-18-12-11-16(13-19(18)24)25-14-20-21(27-26-15-7-3-1-4-8-15)22(30)29(28-20)17-9-5-2-6-10-17/h1-14,28H. The fraction of sp³-hybridized carbons (Fsp3) is 0. The zero-order chi connectivity index (χ0) is 20.9. The molecule has 4 aromatic rings. The molecule has 0 aliphatic heterocycles. The van der Waals surface area contributed by atoms with Gasteiger partial charge in [0, 0.05) is 4.47 Å². The maximum absolute atomic E-state index is 13.0. The van der Waals surface area contributed by atoms with E-state index in [1.807, 2.05) is 72.8 Å². The van der Waals surface area contributed by atoms with Crippen LogP contribution in [0, 0.1) is 0 Å². The SMILES string of the molecule is O=c1c(N=Nc2ccccc2)c(C=Nc2ccc(Br)c(Cl)c2)[nH]n1-c1ccccc1. The molecule has 3 aromatic carbocycles. The zero-order valence-electron chi connectivity index (χ0n) is 15.5. The predicted octanol–water partition coefficient (Wildman–Crippen LogP) is 6.75. The molecule has 6 nitrogen and oxygen atoms in total. The molecule has 0 saturated heterocycles. The first-order chi connectivity index (χ1) is 14.6. The van der Waals surface area contributed by atoms with Gasteiger partial charge in [0.2, 0.25) is 0 Å². The Morgan fingerprint density at radius 1 is 0.900 bits per heavy atom. The van der Waals surface area contributed by atoms with Crippen molar-refractivity contribution in [3.8, 4) is 5.69 Å². The maximum Gasteiger partial charge on any atom is 0.299 e. The fourth-order valence-electron chi connectivity index (χ4n) is 2.70. The maximum atomic E-state index is 13.0. The van der Waals surface area contributed by atoms with E-state index in [1.54, 1.807) is 12.3 Å². The summed E-state index contributed by atoms with van der Waals surface area (Å²) in [6, 6.07) is 23.8. The van der Waals surface area contributed by atoms with Gasteiger partial charge in [0.05, 0.1) is 28.3 Å². The van der Waals surface area contributed by atoms with E-state index in [2.05, 4.69) is 36.2 Å². The second-order valence-corrected chi connectivity index (χ2v) is 7.50. The average Bonchev–Trinajstić information content (AvgIpc) is 3.09. The van der Waals surface area contributed by atoms with Gasteiger partial charge in [-0.25, -0.2) is 4.68 Å². The molecule has 30 heavy (non-hydrogen) atoms. The normalized spacial score (nSPS) is 11.5. The predicted molar refractivity (Wildman–Crippen MR) is 123 cm³/mol. The smallest absolute Gasteiger partial charge is 0.287 e. The molecular weight excluding hydrogens is 466 g/mol. The lowest BCUT2D eigenvalue weighted by Gasteiger charge is -1.99. The molecule has 1 heterocycles. The van der Waals surface area contributed by atoms with Gasteiger partial charge in [-0.3, -0.25) is 14.9 Å². The molecule has 4 rings (SSSR count). The number of azo groups is 1. The minimum absolute atomic E-state index is 0.162. The van der Waals surface area contributed by atoms with Crippen LogP contribution in [0.3, 0.4) is 0 Å². The third-order valence-corrected chi connectivity index (χ3v) is 5.41. The molecule has 8 heteroatoms. The summed E-state index contributed by atoms with van der Waals surface area (Å²) in [6.45, 7) is 0. The van der Waals surface area contributed by atoms with E-state index in [0.717, 1.165) is 4.47 Å². The highest BCUT2D eigenvalue weighted by Gasteiger charge is 2.14. The van der Waals surface area contributed by atoms with Crippen LogP contribution in [0.25, 0.3) is 5.69 Å². The summed E-state index contributed by atoms with van der Waals surface area (Å²) in [5.41, 5.74) is 2.24. The number of aromatic nitrogens is 2. The van der Waals surface area contributed by atoms with E-state index in [-0.39, 0.29) is 11.2 Å². The second-order valence-electron chi connectivity index (χ2n) is 6.24. The Bertz CT molecular complexity index is 1280. The minimum Gasteiger partial charge on any atom is -0.287 e. The Labute approximate surface area is 185 Å². The fourth-order valence-corrected chi connectivity index (χ4v) is 3.12. The van der Waals surface area contributed by atoms with Crippen LogP contribution in [0.1, 0.15) is 5.69 Å². The molecule has 148 valence electrons. The molecular formula is C22H15BrClN5O. The van der Waals surface area contributed by atoms with E-state index in [0.29, 0.717) is 27.8 Å². The first-order valence-electron chi connectivity index (χ1n) is 8.98. The highest BCUT2D eigenvalue weighted by molar-refractivity contribution is 9.10.